The summed E-state index contributed by atoms with van der Waals surface area (Å²) in [4.78, 5) is 12.9. The topological polar surface area (TPSA) is 101 Å². The number of hydrogen-bond donors (Lipinski definition) is 3. The number of benzene rings is 1. The number of halogens is 3. The number of nitrogens with two attached hydrogens (primary N) is 1. The summed E-state index contributed by atoms with van der Waals surface area (Å²) < 4.78 is 39.9. The lowest BCUT2D eigenvalue weighted by atomic mass is 10.2. The highest BCUT2D eigenvalue weighted by molar-refractivity contribution is 5.68. The number of anilines is 3. The van der Waals surface area contributed by atoms with Crippen molar-refractivity contribution in [3.05, 3.63) is 66.0 Å². The third-order valence-corrected chi connectivity index (χ3v) is 4.21. The molecule has 29 heavy (non-hydrogen) atoms. The second-order valence-electron chi connectivity index (χ2n) is 6.20. The van der Waals surface area contributed by atoms with Crippen molar-refractivity contribution in [2.45, 2.75) is 12.8 Å². The molecule has 4 aromatic rings. The van der Waals surface area contributed by atoms with Crippen molar-refractivity contribution in [1.82, 2.24) is 19.4 Å². The Morgan fingerprint density at radius 3 is 2.48 bits per heavy atom. The van der Waals surface area contributed by atoms with E-state index in [1.807, 2.05) is 12.1 Å². The molecule has 3 heterocycles. The number of alkyl halides is 3. The van der Waals surface area contributed by atoms with Crippen LogP contribution in [0, 0.1) is 0 Å². The Balaban J connectivity index is 1.72. The Labute approximate surface area is 162 Å². The average Bonchev–Trinajstić information content (AvgIpc) is 3.06. The molecular formula is C19H15F3N6O. The smallest absolute Gasteiger partial charge is 0.390 e. The van der Waals surface area contributed by atoms with E-state index < -0.39 is 11.7 Å². The molecule has 0 aliphatic heterocycles. The van der Waals surface area contributed by atoms with Gasteiger partial charge in [-0.25, -0.2) is 9.97 Å². The van der Waals surface area contributed by atoms with Crippen molar-refractivity contribution in [2.24, 2.45) is 0 Å². The van der Waals surface area contributed by atoms with Crippen LogP contribution in [0.3, 0.4) is 0 Å². The van der Waals surface area contributed by atoms with Crippen molar-refractivity contribution >= 4 is 23.1 Å². The summed E-state index contributed by atoms with van der Waals surface area (Å²) in [7, 11) is 0. The van der Waals surface area contributed by atoms with Gasteiger partial charge in [0.1, 0.15) is 11.5 Å². The zero-order chi connectivity index (χ0) is 20.6. The number of fused-ring (bicyclic) bond motifs is 1. The molecule has 7 nitrogen and oxygen atoms in total. The number of aromatic nitrogens is 4. The fourth-order valence-electron chi connectivity index (χ4n) is 2.94. The Kier molecular flexibility index (Phi) is 4.55. The number of pyridine rings is 1. The molecule has 4 rings (SSSR count). The van der Waals surface area contributed by atoms with Crippen LogP contribution in [0.2, 0.25) is 0 Å². The van der Waals surface area contributed by atoms with Gasteiger partial charge in [-0.15, -0.1) is 0 Å². The SMILES string of the molecule is Nc1cc(-c2c(CO)nc3ccccn23)nc(Nc2ccc(C(F)(F)F)cc2)n1. The molecule has 0 unspecified atom stereocenters. The number of imidazole rings is 1. The van der Waals surface area contributed by atoms with E-state index in [1.165, 1.54) is 18.2 Å². The zero-order valence-electron chi connectivity index (χ0n) is 14.9. The molecule has 3 aromatic heterocycles. The lowest BCUT2D eigenvalue weighted by Gasteiger charge is -2.10. The minimum atomic E-state index is -4.41. The molecule has 0 aliphatic carbocycles. The first kappa shape index (κ1) is 18.7. The van der Waals surface area contributed by atoms with Gasteiger partial charge in [0.2, 0.25) is 5.95 Å². The molecule has 0 fully saturated rings. The van der Waals surface area contributed by atoms with Crippen LogP contribution >= 0.6 is 0 Å². The third kappa shape index (κ3) is 3.69. The minimum Gasteiger partial charge on any atom is -0.390 e. The number of aliphatic hydroxyl groups is 1. The minimum absolute atomic E-state index is 0.106. The van der Waals surface area contributed by atoms with E-state index >= 15 is 0 Å². The molecule has 0 radical (unpaired) electrons. The van der Waals surface area contributed by atoms with Crippen LogP contribution in [0.15, 0.2) is 54.7 Å². The summed E-state index contributed by atoms with van der Waals surface area (Å²) in [5.74, 6) is 0.258. The van der Waals surface area contributed by atoms with Gasteiger partial charge in [-0.3, -0.25) is 4.40 Å². The zero-order valence-corrected chi connectivity index (χ0v) is 14.9. The number of aliphatic hydroxyl groups excluding tert-OH is 1. The fourth-order valence-corrected chi connectivity index (χ4v) is 2.94. The van der Waals surface area contributed by atoms with Crippen molar-refractivity contribution < 1.29 is 18.3 Å². The van der Waals surface area contributed by atoms with Crippen LogP contribution in [-0.2, 0) is 12.8 Å². The quantitative estimate of drug-likeness (QED) is 0.484. The van der Waals surface area contributed by atoms with Gasteiger partial charge in [0.15, 0.2) is 0 Å². The summed E-state index contributed by atoms with van der Waals surface area (Å²) in [6.07, 6.45) is -2.64. The van der Waals surface area contributed by atoms with E-state index in [-0.39, 0.29) is 18.4 Å². The highest BCUT2D eigenvalue weighted by Crippen LogP contribution is 2.31. The molecular weight excluding hydrogens is 385 g/mol. The van der Waals surface area contributed by atoms with E-state index in [0.717, 1.165) is 12.1 Å². The molecule has 0 spiro atoms. The number of nitrogen functional groups attached to an aromatic ring is 1. The normalized spacial score (nSPS) is 11.7. The van der Waals surface area contributed by atoms with Gasteiger partial charge in [0.05, 0.1) is 29.3 Å². The van der Waals surface area contributed by atoms with E-state index in [9.17, 15) is 18.3 Å². The van der Waals surface area contributed by atoms with Crippen LogP contribution in [0.25, 0.3) is 17.0 Å². The first-order valence-corrected chi connectivity index (χ1v) is 8.51. The molecule has 0 saturated heterocycles. The summed E-state index contributed by atoms with van der Waals surface area (Å²) in [6.45, 7) is -0.303. The molecule has 0 saturated carbocycles. The Morgan fingerprint density at radius 1 is 1.03 bits per heavy atom. The van der Waals surface area contributed by atoms with Crippen LogP contribution in [-0.4, -0.2) is 24.5 Å². The molecule has 4 N–H and O–H groups in total. The van der Waals surface area contributed by atoms with Crippen molar-refractivity contribution in [1.29, 1.82) is 0 Å². The lowest BCUT2D eigenvalue weighted by molar-refractivity contribution is -0.137. The maximum Gasteiger partial charge on any atom is 0.416 e. The number of hydrogen-bond acceptors (Lipinski definition) is 6. The van der Waals surface area contributed by atoms with Crippen LogP contribution < -0.4 is 11.1 Å². The molecule has 0 bridgehead atoms. The highest BCUT2D eigenvalue weighted by atomic mass is 19.4. The summed E-state index contributed by atoms with van der Waals surface area (Å²) in [5.41, 5.74) is 7.52. The first-order chi connectivity index (χ1) is 13.8. The van der Waals surface area contributed by atoms with Crippen molar-refractivity contribution in [3.8, 4) is 11.4 Å². The number of nitrogens with zero attached hydrogens (tertiary/aromatic N) is 4. The Morgan fingerprint density at radius 2 is 1.79 bits per heavy atom. The van der Waals surface area contributed by atoms with Crippen molar-refractivity contribution in [2.75, 3.05) is 11.1 Å². The monoisotopic (exact) mass is 400 g/mol. The second-order valence-corrected chi connectivity index (χ2v) is 6.20. The summed E-state index contributed by atoms with van der Waals surface area (Å²) in [5, 5.41) is 12.5. The van der Waals surface area contributed by atoms with Gasteiger partial charge in [-0.1, -0.05) is 6.07 Å². The van der Waals surface area contributed by atoms with Crippen LogP contribution in [0.4, 0.5) is 30.6 Å². The van der Waals surface area contributed by atoms with E-state index in [0.29, 0.717) is 28.4 Å². The van der Waals surface area contributed by atoms with E-state index in [4.69, 9.17) is 5.73 Å². The Hall–Kier alpha value is -3.66. The maximum atomic E-state index is 12.7. The molecule has 0 amide bonds. The van der Waals surface area contributed by atoms with Crippen molar-refractivity contribution in [3.63, 3.8) is 0 Å². The van der Waals surface area contributed by atoms with E-state index in [2.05, 4.69) is 20.3 Å². The molecule has 0 atom stereocenters. The average molecular weight is 400 g/mol. The fraction of sp³-hybridized carbons (Fsp3) is 0.105. The molecule has 148 valence electrons. The molecule has 1 aromatic carbocycles. The Bertz CT molecular complexity index is 1170. The number of rotatable bonds is 4. The molecule has 0 aliphatic rings. The third-order valence-electron chi connectivity index (χ3n) is 4.21. The first-order valence-electron chi connectivity index (χ1n) is 8.51. The second kappa shape index (κ2) is 7.06. The summed E-state index contributed by atoms with van der Waals surface area (Å²) in [6, 6.07) is 11.4. The largest absolute Gasteiger partial charge is 0.416 e. The lowest BCUT2D eigenvalue weighted by Crippen LogP contribution is -2.06. The predicted octanol–water partition coefficient (Wildman–Crippen LogP) is 3.63. The van der Waals surface area contributed by atoms with Crippen LogP contribution in [0.5, 0.6) is 0 Å². The van der Waals surface area contributed by atoms with Gasteiger partial charge < -0.3 is 16.2 Å². The highest BCUT2D eigenvalue weighted by Gasteiger charge is 2.30. The van der Waals surface area contributed by atoms with Gasteiger partial charge in [-0.05, 0) is 36.4 Å². The van der Waals surface area contributed by atoms with Gasteiger partial charge in [0, 0.05) is 18.0 Å². The predicted molar refractivity (Wildman–Crippen MR) is 101 cm³/mol. The van der Waals surface area contributed by atoms with Gasteiger partial charge in [0.25, 0.3) is 0 Å². The maximum absolute atomic E-state index is 12.7. The summed E-state index contributed by atoms with van der Waals surface area (Å²) >= 11 is 0. The van der Waals surface area contributed by atoms with Crippen LogP contribution in [0.1, 0.15) is 11.3 Å². The number of nitrogens with one attached hydrogen (secondary N) is 1. The standard InChI is InChI=1S/C19H15F3N6O/c20-19(21,22)11-4-6-12(7-5-11)24-18-26-13(9-15(23)27-18)17-14(10-29)25-16-3-1-2-8-28(16)17/h1-9,29H,10H2,(H3,23,24,26,27). The van der Waals surface area contributed by atoms with Gasteiger partial charge in [-0.2, -0.15) is 18.2 Å². The van der Waals surface area contributed by atoms with Gasteiger partial charge >= 0.3 is 6.18 Å². The molecule has 10 heteroatoms. The van der Waals surface area contributed by atoms with E-state index in [1.54, 1.807) is 16.7 Å².